The molecule has 5 nitrogen and oxygen atoms in total. The number of aliphatic hydroxyl groups is 1. The number of hydrogen-bond acceptors (Lipinski definition) is 3. The summed E-state index contributed by atoms with van der Waals surface area (Å²) in [7, 11) is 0. The number of carbonyl (C=O) groups excluding carboxylic acids is 2. The van der Waals surface area contributed by atoms with Crippen LogP contribution in [0.3, 0.4) is 0 Å². The number of rotatable bonds is 4. The van der Waals surface area contributed by atoms with E-state index in [0.717, 1.165) is 0 Å². The van der Waals surface area contributed by atoms with Gasteiger partial charge in [0.2, 0.25) is 5.91 Å². The normalized spacial score (nSPS) is 11.0. The van der Waals surface area contributed by atoms with Crippen LogP contribution >= 0.6 is 11.6 Å². The highest BCUT2D eigenvalue weighted by Crippen LogP contribution is 2.17. The van der Waals surface area contributed by atoms with Gasteiger partial charge in [-0.2, -0.15) is 0 Å². The molecule has 0 aliphatic heterocycles. The van der Waals surface area contributed by atoms with Crippen molar-refractivity contribution in [2.24, 2.45) is 0 Å². The average Bonchev–Trinajstić information content (AvgIpc) is 2.46. The molecule has 0 saturated carbocycles. The van der Waals surface area contributed by atoms with Gasteiger partial charge in [0, 0.05) is 17.7 Å². The highest BCUT2D eigenvalue weighted by molar-refractivity contribution is 6.32. The minimum Gasteiger partial charge on any atom is -0.384 e. The summed E-state index contributed by atoms with van der Waals surface area (Å²) in [6.07, 6.45) is 0. The number of amides is 2. The molecule has 1 rings (SSSR count). The summed E-state index contributed by atoms with van der Waals surface area (Å²) in [5, 5.41) is 14.2. The second-order valence-electron chi connectivity index (χ2n) is 4.24. The van der Waals surface area contributed by atoms with Crippen LogP contribution in [0.5, 0.6) is 0 Å². The largest absolute Gasteiger partial charge is 0.384 e. The number of aliphatic hydroxyl groups excluding tert-OH is 1. The Bertz CT molecular complexity index is 590. The number of likely N-dealkylation sites (N-methyl/N-ethyl adjacent to an activating group) is 1. The molecule has 21 heavy (non-hydrogen) atoms. The Morgan fingerprint density at radius 2 is 2.14 bits per heavy atom. The molecule has 0 aromatic heterocycles. The van der Waals surface area contributed by atoms with Gasteiger partial charge in [-0.05, 0) is 32.0 Å². The Balaban J connectivity index is 2.80. The van der Waals surface area contributed by atoms with Crippen LogP contribution < -0.4 is 10.6 Å². The molecule has 0 saturated heterocycles. The van der Waals surface area contributed by atoms with Crippen LogP contribution in [-0.2, 0) is 4.79 Å². The van der Waals surface area contributed by atoms with Gasteiger partial charge in [-0.3, -0.25) is 9.59 Å². The molecule has 1 unspecified atom stereocenters. The first kappa shape index (κ1) is 17.0. The lowest BCUT2D eigenvalue weighted by atomic mass is 10.1. The Morgan fingerprint density at radius 3 is 2.71 bits per heavy atom. The first-order valence-corrected chi connectivity index (χ1v) is 6.85. The van der Waals surface area contributed by atoms with E-state index in [1.165, 1.54) is 6.07 Å². The predicted octanol–water partition coefficient (Wildman–Crippen LogP) is 0.938. The Labute approximate surface area is 128 Å². The molecule has 0 fully saturated rings. The fourth-order valence-electron chi connectivity index (χ4n) is 1.57. The van der Waals surface area contributed by atoms with E-state index in [1.54, 1.807) is 26.0 Å². The average molecular weight is 309 g/mol. The van der Waals surface area contributed by atoms with Gasteiger partial charge in [-0.15, -0.1) is 0 Å². The lowest BCUT2D eigenvalue weighted by molar-refractivity contribution is -0.122. The van der Waals surface area contributed by atoms with E-state index in [4.69, 9.17) is 16.7 Å². The molecule has 0 aliphatic rings. The number of halogens is 1. The molecule has 0 heterocycles. The Morgan fingerprint density at radius 1 is 1.43 bits per heavy atom. The monoisotopic (exact) mass is 308 g/mol. The van der Waals surface area contributed by atoms with Crippen molar-refractivity contribution in [2.75, 3.05) is 13.2 Å². The summed E-state index contributed by atoms with van der Waals surface area (Å²) in [6, 6.07) is 4.00. The van der Waals surface area contributed by atoms with Gasteiger partial charge < -0.3 is 15.7 Å². The fourth-order valence-corrected chi connectivity index (χ4v) is 1.79. The van der Waals surface area contributed by atoms with Crippen LogP contribution in [0.25, 0.3) is 0 Å². The highest BCUT2D eigenvalue weighted by atomic mass is 35.5. The standard InChI is InChI=1S/C15H17ClN2O3/c1-3-17-14(20)10(2)18-15(21)12-7-6-11(5-4-8-19)13(16)9-12/h6-7,9-10,19H,3,8H2,1-2H3,(H,17,20)(H,18,21). The van der Waals surface area contributed by atoms with E-state index in [1.807, 2.05) is 0 Å². The zero-order chi connectivity index (χ0) is 15.8. The lowest BCUT2D eigenvalue weighted by Gasteiger charge is -2.13. The van der Waals surface area contributed by atoms with Crippen molar-refractivity contribution >= 4 is 23.4 Å². The van der Waals surface area contributed by atoms with Gasteiger partial charge >= 0.3 is 0 Å². The molecule has 2 amide bonds. The molecule has 0 bridgehead atoms. The Hall–Kier alpha value is -2.03. The summed E-state index contributed by atoms with van der Waals surface area (Å²) in [5.74, 6) is 4.52. The van der Waals surface area contributed by atoms with Gasteiger partial charge in [0.1, 0.15) is 12.6 Å². The highest BCUT2D eigenvalue weighted by Gasteiger charge is 2.16. The second kappa shape index (κ2) is 8.30. The summed E-state index contributed by atoms with van der Waals surface area (Å²) >= 11 is 6.01. The van der Waals surface area contributed by atoms with E-state index in [9.17, 15) is 9.59 Å². The van der Waals surface area contributed by atoms with Gasteiger partial charge in [0.25, 0.3) is 5.91 Å². The first-order chi connectivity index (χ1) is 9.99. The molecular formula is C15H17ClN2O3. The zero-order valence-corrected chi connectivity index (χ0v) is 12.6. The third-order valence-electron chi connectivity index (χ3n) is 2.63. The van der Waals surface area contributed by atoms with Crippen molar-refractivity contribution in [2.45, 2.75) is 19.9 Å². The molecule has 0 spiro atoms. The molecule has 1 aromatic carbocycles. The number of nitrogens with one attached hydrogen (secondary N) is 2. The zero-order valence-electron chi connectivity index (χ0n) is 11.9. The molecule has 3 N–H and O–H groups in total. The molecule has 0 radical (unpaired) electrons. The third kappa shape index (κ3) is 5.10. The van der Waals surface area contributed by atoms with Crippen molar-refractivity contribution in [3.8, 4) is 11.8 Å². The SMILES string of the molecule is CCNC(=O)C(C)NC(=O)c1ccc(C#CCO)c(Cl)c1. The van der Waals surface area contributed by atoms with E-state index in [-0.39, 0.29) is 12.5 Å². The van der Waals surface area contributed by atoms with Crippen LogP contribution in [0, 0.1) is 11.8 Å². The van der Waals surface area contributed by atoms with Gasteiger partial charge in [-0.1, -0.05) is 23.4 Å². The maximum atomic E-state index is 12.0. The van der Waals surface area contributed by atoms with E-state index < -0.39 is 11.9 Å². The molecule has 1 aromatic rings. The fraction of sp³-hybridized carbons (Fsp3) is 0.333. The minimum atomic E-state index is -0.634. The van der Waals surface area contributed by atoms with Crippen LogP contribution in [0.15, 0.2) is 18.2 Å². The van der Waals surface area contributed by atoms with Gasteiger partial charge in [0.15, 0.2) is 0 Å². The smallest absolute Gasteiger partial charge is 0.251 e. The summed E-state index contributed by atoms with van der Waals surface area (Å²) in [6.45, 7) is 3.65. The minimum absolute atomic E-state index is 0.248. The number of benzene rings is 1. The van der Waals surface area contributed by atoms with E-state index >= 15 is 0 Å². The second-order valence-corrected chi connectivity index (χ2v) is 4.65. The molecule has 112 valence electrons. The van der Waals surface area contributed by atoms with Crippen molar-refractivity contribution in [1.29, 1.82) is 0 Å². The predicted molar refractivity (Wildman–Crippen MR) is 81.0 cm³/mol. The van der Waals surface area contributed by atoms with Crippen LogP contribution in [-0.4, -0.2) is 36.1 Å². The van der Waals surface area contributed by atoms with Crippen molar-refractivity contribution in [3.05, 3.63) is 34.3 Å². The van der Waals surface area contributed by atoms with Crippen LogP contribution in [0.4, 0.5) is 0 Å². The first-order valence-electron chi connectivity index (χ1n) is 6.47. The summed E-state index contributed by atoms with van der Waals surface area (Å²) < 4.78 is 0. The van der Waals surface area contributed by atoms with Gasteiger partial charge in [-0.25, -0.2) is 0 Å². The lowest BCUT2D eigenvalue weighted by Crippen LogP contribution is -2.44. The summed E-state index contributed by atoms with van der Waals surface area (Å²) in [5.41, 5.74) is 0.865. The molecule has 1 atom stereocenters. The maximum absolute atomic E-state index is 12.0. The van der Waals surface area contributed by atoms with Crippen molar-refractivity contribution in [1.82, 2.24) is 10.6 Å². The van der Waals surface area contributed by atoms with Crippen LogP contribution in [0.2, 0.25) is 5.02 Å². The summed E-state index contributed by atoms with van der Waals surface area (Å²) in [4.78, 5) is 23.6. The molecule has 6 heteroatoms. The van der Waals surface area contributed by atoms with Crippen molar-refractivity contribution < 1.29 is 14.7 Å². The molecule has 0 aliphatic carbocycles. The number of carbonyl (C=O) groups is 2. The van der Waals surface area contributed by atoms with Crippen LogP contribution in [0.1, 0.15) is 29.8 Å². The van der Waals surface area contributed by atoms with Crippen molar-refractivity contribution in [3.63, 3.8) is 0 Å². The van der Waals surface area contributed by atoms with Gasteiger partial charge in [0.05, 0.1) is 5.02 Å². The Kier molecular flexibility index (Phi) is 6.73. The third-order valence-corrected chi connectivity index (χ3v) is 2.94. The van der Waals surface area contributed by atoms with E-state index in [0.29, 0.717) is 22.7 Å². The number of hydrogen-bond donors (Lipinski definition) is 3. The molecular weight excluding hydrogens is 292 g/mol. The quantitative estimate of drug-likeness (QED) is 0.724. The van der Waals surface area contributed by atoms with E-state index in [2.05, 4.69) is 22.5 Å². The topological polar surface area (TPSA) is 78.4 Å². The maximum Gasteiger partial charge on any atom is 0.251 e.